The van der Waals surface area contributed by atoms with Crippen LogP contribution in [0.25, 0.3) is 0 Å². The van der Waals surface area contributed by atoms with Crippen molar-refractivity contribution in [3.05, 3.63) is 119 Å². The van der Waals surface area contributed by atoms with Gasteiger partial charge in [0.2, 0.25) is 0 Å². The molecule has 0 fully saturated rings. The first-order valence-electron chi connectivity index (χ1n) is 16.4. The third-order valence-electron chi connectivity index (χ3n) is 5.85. The highest BCUT2D eigenvalue weighted by Gasteiger charge is 1.99. The van der Waals surface area contributed by atoms with Gasteiger partial charge in [0.25, 0.3) is 0 Å². The fourth-order valence-electron chi connectivity index (χ4n) is 3.42. The quantitative estimate of drug-likeness (QED) is 0.163. The Morgan fingerprint density at radius 1 is 0.884 bits per heavy atom. The third-order valence-corrected chi connectivity index (χ3v) is 5.85. The summed E-state index contributed by atoms with van der Waals surface area (Å²) in [6, 6.07) is 16.7. The zero-order valence-corrected chi connectivity index (χ0v) is 30.8. The lowest BCUT2D eigenvalue weighted by Crippen LogP contribution is -1.89. The largest absolute Gasteiger partial charge is 0.192 e. The number of aryl methyl sites for hydroxylation is 4. The van der Waals surface area contributed by atoms with Gasteiger partial charge in [0.1, 0.15) is 0 Å². The van der Waals surface area contributed by atoms with Crippen LogP contribution in [0.1, 0.15) is 136 Å². The second-order valence-corrected chi connectivity index (χ2v) is 11.3. The molecule has 2 aromatic rings. The minimum atomic E-state index is 0.780. The summed E-state index contributed by atoms with van der Waals surface area (Å²) in [6.45, 7) is 38.3. The van der Waals surface area contributed by atoms with Crippen molar-refractivity contribution in [1.82, 2.24) is 0 Å². The summed E-state index contributed by atoms with van der Waals surface area (Å²) in [5.74, 6) is 0.780. The molecule has 0 bridgehead atoms. The second kappa shape index (κ2) is 33.4. The van der Waals surface area contributed by atoms with Gasteiger partial charge in [-0.2, -0.15) is 5.26 Å². The molecule has 0 radical (unpaired) electrons. The lowest BCUT2D eigenvalue weighted by Gasteiger charge is -2.02. The third kappa shape index (κ3) is 35.0. The molecule has 0 aliphatic rings. The highest BCUT2D eigenvalue weighted by molar-refractivity contribution is 5.37. The molecule has 0 aromatic heterocycles. The molecular formula is C42H69N. The summed E-state index contributed by atoms with van der Waals surface area (Å²) in [6.07, 6.45) is 12.1. The summed E-state index contributed by atoms with van der Waals surface area (Å²) in [5.41, 5.74) is 9.96. The molecule has 0 atom stereocenters. The molecule has 1 nitrogen and oxygen atoms in total. The van der Waals surface area contributed by atoms with Crippen LogP contribution in [0, 0.1) is 31.1 Å². The van der Waals surface area contributed by atoms with Gasteiger partial charge in [0, 0.05) is 0 Å². The van der Waals surface area contributed by atoms with Gasteiger partial charge in [-0.15, -0.1) is 13.2 Å². The molecule has 43 heavy (non-hydrogen) atoms. The number of nitriles is 1. The number of hydrogen-bond acceptors (Lipinski definition) is 1. The minimum absolute atomic E-state index is 0.780. The smallest absolute Gasteiger partial charge is 0.0994 e. The molecule has 0 heterocycles. The SMILES string of the molecule is C=C(C)C=C(C)C.C=C(C)CC.C=CCC(C)C.CC.CCCCCc1ccccc1C#N.CCc1cc(C)ccc1C. The van der Waals surface area contributed by atoms with Crippen LogP contribution in [0.4, 0.5) is 0 Å². The Hall–Kier alpha value is -3.11. The number of unbranched alkanes of at least 4 members (excludes halogenated alkanes) is 2. The van der Waals surface area contributed by atoms with E-state index >= 15 is 0 Å². The first-order valence-corrected chi connectivity index (χ1v) is 16.4. The van der Waals surface area contributed by atoms with Gasteiger partial charge >= 0.3 is 0 Å². The van der Waals surface area contributed by atoms with E-state index in [1.807, 2.05) is 58.0 Å². The maximum atomic E-state index is 8.82. The van der Waals surface area contributed by atoms with Crippen LogP contribution in [0.5, 0.6) is 0 Å². The van der Waals surface area contributed by atoms with Gasteiger partial charge in [0.15, 0.2) is 0 Å². The van der Waals surface area contributed by atoms with E-state index in [4.69, 9.17) is 5.26 Å². The fourth-order valence-corrected chi connectivity index (χ4v) is 3.42. The summed E-state index contributed by atoms with van der Waals surface area (Å²) in [5, 5.41) is 8.82. The maximum Gasteiger partial charge on any atom is 0.0994 e. The normalized spacial score (nSPS) is 8.77. The molecule has 0 spiro atoms. The molecule has 2 rings (SSSR count). The van der Waals surface area contributed by atoms with E-state index in [0.717, 1.165) is 42.7 Å². The molecule has 0 amide bonds. The van der Waals surface area contributed by atoms with Gasteiger partial charge in [-0.3, -0.25) is 0 Å². The van der Waals surface area contributed by atoms with Crippen molar-refractivity contribution in [3.63, 3.8) is 0 Å². The predicted octanol–water partition coefficient (Wildman–Crippen LogP) is 13.9. The van der Waals surface area contributed by atoms with Gasteiger partial charge in [-0.05, 0) is 102 Å². The maximum absolute atomic E-state index is 8.82. The Labute approximate surface area is 270 Å². The monoisotopic (exact) mass is 588 g/mol. The van der Waals surface area contributed by atoms with E-state index in [-0.39, 0.29) is 0 Å². The van der Waals surface area contributed by atoms with Crippen LogP contribution in [0.3, 0.4) is 0 Å². The lowest BCUT2D eigenvalue weighted by molar-refractivity contribution is 0.664. The summed E-state index contributed by atoms with van der Waals surface area (Å²) >= 11 is 0. The lowest BCUT2D eigenvalue weighted by atomic mass is 10.0. The Bertz CT molecular complexity index is 1040. The van der Waals surface area contributed by atoms with E-state index in [1.54, 1.807) is 0 Å². The van der Waals surface area contributed by atoms with Crippen LogP contribution in [-0.4, -0.2) is 0 Å². The van der Waals surface area contributed by atoms with Crippen molar-refractivity contribution in [3.8, 4) is 6.07 Å². The van der Waals surface area contributed by atoms with Gasteiger partial charge in [-0.25, -0.2) is 0 Å². The average Bonchev–Trinajstić information content (AvgIpc) is 2.96. The van der Waals surface area contributed by atoms with Crippen LogP contribution in [0.2, 0.25) is 0 Å². The molecule has 0 N–H and O–H groups in total. The average molecular weight is 588 g/mol. The molecule has 0 aliphatic heterocycles. The van der Waals surface area contributed by atoms with Gasteiger partial charge in [-0.1, -0.05) is 139 Å². The summed E-state index contributed by atoms with van der Waals surface area (Å²) in [4.78, 5) is 0. The summed E-state index contributed by atoms with van der Waals surface area (Å²) in [7, 11) is 0. The van der Waals surface area contributed by atoms with E-state index in [2.05, 4.69) is 112 Å². The molecule has 0 aliphatic carbocycles. The molecule has 1 heteroatoms. The number of rotatable bonds is 9. The molecule has 0 saturated heterocycles. The van der Waals surface area contributed by atoms with Gasteiger partial charge < -0.3 is 0 Å². The number of allylic oxidation sites excluding steroid dienone is 5. The van der Waals surface area contributed by atoms with Crippen molar-refractivity contribution < 1.29 is 0 Å². The van der Waals surface area contributed by atoms with E-state index in [1.165, 1.54) is 52.7 Å². The van der Waals surface area contributed by atoms with Crippen LogP contribution >= 0.6 is 0 Å². The predicted molar refractivity (Wildman–Crippen MR) is 200 cm³/mol. The van der Waals surface area contributed by atoms with Crippen LogP contribution in [-0.2, 0) is 12.8 Å². The van der Waals surface area contributed by atoms with Crippen molar-refractivity contribution in [2.24, 2.45) is 5.92 Å². The van der Waals surface area contributed by atoms with Crippen molar-refractivity contribution in [2.75, 3.05) is 0 Å². The Morgan fingerprint density at radius 3 is 1.77 bits per heavy atom. The first kappa shape index (κ1) is 46.8. The molecule has 2 aromatic carbocycles. The van der Waals surface area contributed by atoms with Crippen LogP contribution in [0.15, 0.2) is 91.1 Å². The van der Waals surface area contributed by atoms with Crippen molar-refractivity contribution in [1.29, 1.82) is 5.26 Å². The number of benzene rings is 2. The first-order chi connectivity index (χ1) is 20.3. The second-order valence-electron chi connectivity index (χ2n) is 11.3. The fraction of sp³-hybridized carbons (Fsp3) is 0.500. The summed E-state index contributed by atoms with van der Waals surface area (Å²) < 4.78 is 0. The number of hydrogen-bond donors (Lipinski definition) is 0. The highest BCUT2D eigenvalue weighted by Crippen LogP contribution is 2.12. The molecule has 242 valence electrons. The zero-order valence-electron chi connectivity index (χ0n) is 30.8. The van der Waals surface area contributed by atoms with E-state index in [9.17, 15) is 0 Å². The topological polar surface area (TPSA) is 23.8 Å². The number of nitrogens with zero attached hydrogens (tertiary/aromatic N) is 1. The zero-order chi connectivity index (χ0) is 34.2. The van der Waals surface area contributed by atoms with Gasteiger partial charge in [0.05, 0.1) is 11.6 Å². The minimum Gasteiger partial charge on any atom is -0.192 e. The van der Waals surface area contributed by atoms with E-state index < -0.39 is 0 Å². The highest BCUT2D eigenvalue weighted by atomic mass is 14.2. The van der Waals surface area contributed by atoms with E-state index in [0.29, 0.717) is 0 Å². The Balaban J connectivity index is -0.000000228. The molecular weight excluding hydrogens is 518 g/mol. The Kier molecular flexibility index (Phi) is 36.4. The van der Waals surface area contributed by atoms with Crippen LogP contribution < -0.4 is 0 Å². The standard InChI is InChI=1S/C12H15N.C10H14.C7H12.C6H12.C5H10.C2H6/c1-2-3-4-7-11-8-5-6-9-12(11)10-13;1-4-10-7-8(2)5-6-9(10)3;1-6(2)5-7(3)4;1-4-5-6(2)3;1-4-5(2)3;1-2/h5-6,8-9H,2-4,7H2,1H3;5-7H,4H2,1-3H3;5H,1H2,2-4H3;4,6H,1,5H2,2-3H3;2,4H2,1,3H3;1-2H3. The molecule has 0 saturated carbocycles. The van der Waals surface area contributed by atoms with Crippen molar-refractivity contribution >= 4 is 0 Å². The van der Waals surface area contributed by atoms with Crippen molar-refractivity contribution in [2.45, 2.75) is 135 Å². The Morgan fingerprint density at radius 2 is 1.44 bits per heavy atom. The molecule has 0 unspecified atom stereocenters.